The Morgan fingerprint density at radius 1 is 0.455 bits per heavy atom. The van der Waals surface area contributed by atoms with Crippen LogP contribution < -0.4 is 0 Å². The Morgan fingerprint density at radius 2 is 0.636 bits per heavy atom. The van der Waals surface area contributed by atoms with Gasteiger partial charge in [-0.25, -0.2) is 9.18 Å². The molecule has 2 nitrogen and oxygen atoms in total. The Bertz CT molecular complexity index is 1120. The van der Waals surface area contributed by atoms with Gasteiger partial charge in [-0.2, -0.15) is 105 Å². The lowest BCUT2D eigenvalue weighted by molar-refractivity contribution is -0.489. The van der Waals surface area contributed by atoms with Gasteiger partial charge in [0.2, 0.25) is 0 Å². The molecule has 0 heterocycles. The van der Waals surface area contributed by atoms with Crippen LogP contribution in [-0.2, 0) is 9.53 Å². The third kappa shape index (κ3) is 3.83. The number of hydrogen-bond acceptors (Lipinski definition) is 2. The Kier molecular flexibility index (Phi) is 8.31. The third-order valence-corrected chi connectivity index (χ3v) is 5.78. The maximum absolute atomic E-state index is 15.1. The average molecular weight is 716 g/mol. The van der Waals surface area contributed by atoms with Gasteiger partial charge in [0.1, 0.15) is 0 Å². The van der Waals surface area contributed by atoms with E-state index in [1.54, 1.807) is 0 Å². The number of carbonyl (C=O) groups is 1. The molecule has 0 aromatic rings. The monoisotopic (exact) mass is 716 g/mol. The SMILES string of the molecule is C=C(C)C(=O)OC(F)(F)C(F)(F)C1(F)C(F)(F)C(F)(F)C(F)(F)C(F)(F)C(F)(F)C(F)(F)C(F)(F)C(F)(F)C(F)(F)C1(F)F. The van der Waals surface area contributed by atoms with Crippen LogP contribution in [0.5, 0.6) is 0 Å². The van der Waals surface area contributed by atoms with E-state index >= 15 is 4.39 Å². The van der Waals surface area contributed by atoms with E-state index in [4.69, 9.17) is 0 Å². The van der Waals surface area contributed by atoms with Crippen LogP contribution in [0.4, 0.5) is 110 Å². The first-order chi connectivity index (χ1) is 18.6. The van der Waals surface area contributed by atoms with Crippen LogP contribution in [0.2, 0.25) is 0 Å². The second kappa shape index (κ2) is 9.27. The normalized spacial score (nSPS) is 29.0. The van der Waals surface area contributed by atoms with E-state index in [1.807, 2.05) is 0 Å². The van der Waals surface area contributed by atoms with Crippen LogP contribution in [0.25, 0.3) is 0 Å². The molecule has 1 rings (SSSR count). The lowest BCUT2D eigenvalue weighted by atomic mass is 9.74. The number of alkyl halides is 25. The summed E-state index contributed by atoms with van der Waals surface area (Å²) in [4.78, 5) is 11.0. The quantitative estimate of drug-likeness (QED) is 0.166. The lowest BCUT2D eigenvalue weighted by Crippen LogP contribution is -2.83. The van der Waals surface area contributed by atoms with Crippen molar-refractivity contribution in [1.82, 2.24) is 0 Å². The molecule has 1 saturated carbocycles. The second-order valence-corrected chi connectivity index (χ2v) is 8.66. The summed E-state index contributed by atoms with van der Waals surface area (Å²) in [5, 5.41) is 0. The molecule has 1 fully saturated rings. The molecule has 0 radical (unpaired) electrons. The van der Waals surface area contributed by atoms with Crippen LogP contribution in [-0.4, -0.2) is 82.9 Å². The Balaban J connectivity index is 4.81. The fourth-order valence-electron chi connectivity index (χ4n) is 3.07. The summed E-state index contributed by atoms with van der Waals surface area (Å²) in [5.74, 6) is -110. The topological polar surface area (TPSA) is 26.3 Å². The van der Waals surface area contributed by atoms with Gasteiger partial charge in [0.05, 0.1) is 0 Å². The number of carbonyl (C=O) groups excluding carboxylic acids is 1. The minimum absolute atomic E-state index is 0.0336. The first-order valence-corrected chi connectivity index (χ1v) is 9.69. The van der Waals surface area contributed by atoms with Crippen molar-refractivity contribution in [1.29, 1.82) is 0 Å². The maximum Gasteiger partial charge on any atom is 0.470 e. The maximum atomic E-state index is 15.1. The van der Waals surface area contributed by atoms with Crippen LogP contribution in [0, 0.1) is 0 Å². The summed E-state index contributed by atoms with van der Waals surface area (Å²) in [6, 6.07) is 0. The van der Waals surface area contributed by atoms with Gasteiger partial charge in [0, 0.05) is 5.57 Å². The molecule has 0 saturated heterocycles. The standard InChI is InChI=1S/C17H5F25O2/c1-3(2)4(43)44-17(41,42)8(23,24)5(18)6(19,20)9(25,26)11(29,30)13(33,34)15(37,38)16(39,40)14(35,36)12(31,32)10(27,28)7(5,21)22/h1H2,2H3. The number of ether oxygens (including phenoxy) is 1. The highest BCUT2D eigenvalue weighted by atomic mass is 19.4. The summed E-state index contributed by atoms with van der Waals surface area (Å²) in [5.41, 5.74) is -12.0. The van der Waals surface area contributed by atoms with E-state index in [-0.39, 0.29) is 6.92 Å². The van der Waals surface area contributed by atoms with Gasteiger partial charge in [-0.05, 0) is 6.92 Å². The van der Waals surface area contributed by atoms with E-state index in [0.717, 1.165) is 0 Å². The van der Waals surface area contributed by atoms with Crippen molar-refractivity contribution >= 4 is 5.97 Å². The molecule has 0 aliphatic heterocycles. The van der Waals surface area contributed by atoms with Crippen molar-refractivity contribution in [2.75, 3.05) is 0 Å². The molecule has 1 aliphatic rings. The molecule has 0 amide bonds. The second-order valence-electron chi connectivity index (χ2n) is 8.66. The summed E-state index contributed by atoms with van der Waals surface area (Å²) in [7, 11) is 0. The van der Waals surface area contributed by atoms with Crippen molar-refractivity contribution in [3.63, 3.8) is 0 Å². The van der Waals surface area contributed by atoms with E-state index in [0.29, 0.717) is 0 Å². The lowest BCUT2D eigenvalue weighted by Gasteiger charge is -2.49. The predicted octanol–water partition coefficient (Wildman–Crippen LogP) is 8.41. The molecular formula is C17H5F25O2. The highest BCUT2D eigenvalue weighted by Gasteiger charge is 3.06. The smallest absolute Gasteiger partial charge is 0.393 e. The largest absolute Gasteiger partial charge is 0.470 e. The first-order valence-electron chi connectivity index (χ1n) is 9.69. The number of esters is 1. The summed E-state index contributed by atoms with van der Waals surface area (Å²) < 4.78 is 353. The molecule has 0 atom stereocenters. The first kappa shape index (κ1) is 39.5. The minimum atomic E-state index is -10.2. The van der Waals surface area contributed by atoms with Gasteiger partial charge in [-0.3, -0.25) is 0 Å². The highest BCUT2D eigenvalue weighted by Crippen LogP contribution is 2.73. The average Bonchev–Trinajstić information content (AvgIpc) is 2.80. The summed E-state index contributed by atoms with van der Waals surface area (Å²) >= 11 is 0. The zero-order valence-electron chi connectivity index (χ0n) is 19.5. The van der Waals surface area contributed by atoms with Gasteiger partial charge in [-0.1, -0.05) is 6.58 Å². The molecule has 44 heavy (non-hydrogen) atoms. The predicted molar refractivity (Wildman–Crippen MR) is 84.1 cm³/mol. The summed E-state index contributed by atoms with van der Waals surface area (Å²) in [6.07, 6.45) is -8.28. The molecule has 260 valence electrons. The van der Waals surface area contributed by atoms with E-state index in [9.17, 15) is 110 Å². The minimum Gasteiger partial charge on any atom is -0.393 e. The Morgan fingerprint density at radius 3 is 0.818 bits per heavy atom. The third-order valence-electron chi connectivity index (χ3n) is 5.78. The molecule has 0 bridgehead atoms. The van der Waals surface area contributed by atoms with Crippen molar-refractivity contribution < 1.29 is 119 Å². The number of rotatable bonds is 4. The van der Waals surface area contributed by atoms with Gasteiger partial charge in [-0.15, -0.1) is 0 Å². The Labute approximate surface area is 222 Å². The van der Waals surface area contributed by atoms with Gasteiger partial charge < -0.3 is 4.74 Å². The van der Waals surface area contributed by atoms with Crippen molar-refractivity contribution in [3.05, 3.63) is 12.2 Å². The van der Waals surface area contributed by atoms with Crippen LogP contribution in [0.15, 0.2) is 12.2 Å². The number of hydrogen-bond donors (Lipinski definition) is 0. The summed E-state index contributed by atoms with van der Waals surface area (Å²) in [6.45, 7) is 2.26. The fourth-order valence-corrected chi connectivity index (χ4v) is 3.07. The molecule has 1 aliphatic carbocycles. The van der Waals surface area contributed by atoms with E-state index in [2.05, 4.69) is 11.3 Å². The molecule has 0 N–H and O–H groups in total. The molecule has 0 spiro atoms. The van der Waals surface area contributed by atoms with Gasteiger partial charge in [0.25, 0.3) is 0 Å². The Hall–Kier alpha value is -2.54. The molecule has 0 aromatic heterocycles. The van der Waals surface area contributed by atoms with E-state index < -0.39 is 88.5 Å². The van der Waals surface area contributed by atoms with Crippen LogP contribution in [0.1, 0.15) is 6.92 Å². The zero-order chi connectivity index (χ0) is 36.4. The van der Waals surface area contributed by atoms with Crippen LogP contribution in [0.3, 0.4) is 0 Å². The van der Waals surface area contributed by atoms with E-state index in [1.165, 1.54) is 0 Å². The molecule has 0 unspecified atom stereocenters. The number of halogens is 25. The van der Waals surface area contributed by atoms with Crippen molar-refractivity contribution in [2.45, 2.75) is 83.8 Å². The van der Waals surface area contributed by atoms with Crippen molar-refractivity contribution in [3.8, 4) is 0 Å². The zero-order valence-corrected chi connectivity index (χ0v) is 19.5. The molecule has 27 heteroatoms. The molecular weight excluding hydrogens is 711 g/mol. The van der Waals surface area contributed by atoms with Gasteiger partial charge in [0.15, 0.2) is 0 Å². The van der Waals surface area contributed by atoms with Gasteiger partial charge >= 0.3 is 82.9 Å². The van der Waals surface area contributed by atoms with Crippen LogP contribution >= 0.6 is 0 Å². The fraction of sp³-hybridized carbons (Fsp3) is 0.824. The highest BCUT2D eigenvalue weighted by molar-refractivity contribution is 5.87. The van der Waals surface area contributed by atoms with Crippen molar-refractivity contribution in [2.24, 2.45) is 0 Å². The molecule has 0 aromatic carbocycles.